The Kier molecular flexibility index (Phi) is 5.48. The van der Waals surface area contributed by atoms with Crippen LogP contribution in [0.25, 0.3) is 0 Å². The number of carbonyl (C=O) groups is 1. The van der Waals surface area contributed by atoms with Crippen molar-refractivity contribution in [2.24, 2.45) is 5.41 Å². The highest BCUT2D eigenvalue weighted by molar-refractivity contribution is 5.91. The summed E-state index contributed by atoms with van der Waals surface area (Å²) in [5.74, 6) is 0.264. The Morgan fingerprint density at radius 3 is 2.71 bits per heavy atom. The molecule has 0 aliphatic carbocycles. The van der Waals surface area contributed by atoms with Crippen LogP contribution in [0.4, 0.5) is 0 Å². The maximum atomic E-state index is 11.8. The molecule has 0 aromatic carbocycles. The van der Waals surface area contributed by atoms with Crippen LogP contribution in [0.3, 0.4) is 0 Å². The van der Waals surface area contributed by atoms with Crippen molar-refractivity contribution in [1.82, 2.24) is 5.32 Å². The van der Waals surface area contributed by atoms with Gasteiger partial charge in [0, 0.05) is 12.0 Å². The molecule has 4 heteroatoms. The molecule has 0 unspecified atom stereocenters. The lowest BCUT2D eigenvalue weighted by molar-refractivity contribution is -0.121. The van der Waals surface area contributed by atoms with Crippen LogP contribution in [-0.2, 0) is 9.53 Å². The van der Waals surface area contributed by atoms with E-state index in [1.807, 2.05) is 19.9 Å². The average molecular weight is 241 g/mol. The number of hydrogen-bond donors (Lipinski definition) is 2. The summed E-state index contributed by atoms with van der Waals surface area (Å²) in [6.07, 6.45) is 5.40. The molecule has 0 atom stereocenters. The summed E-state index contributed by atoms with van der Waals surface area (Å²) in [6.45, 7) is 5.27. The predicted molar refractivity (Wildman–Crippen MR) is 66.4 cm³/mol. The summed E-state index contributed by atoms with van der Waals surface area (Å²) in [5.41, 5.74) is -0.203. The van der Waals surface area contributed by atoms with Crippen LogP contribution >= 0.6 is 0 Å². The van der Waals surface area contributed by atoms with Crippen molar-refractivity contribution in [2.45, 2.75) is 39.5 Å². The minimum atomic E-state index is -0.203. The molecule has 98 valence electrons. The van der Waals surface area contributed by atoms with Gasteiger partial charge in [-0.1, -0.05) is 13.8 Å². The molecule has 1 aliphatic heterocycles. The number of carbonyl (C=O) groups excluding carboxylic acids is 1. The predicted octanol–water partition coefficient (Wildman–Crippen LogP) is 1.60. The Hall–Kier alpha value is -1.03. The van der Waals surface area contributed by atoms with Gasteiger partial charge in [0.05, 0.1) is 13.2 Å². The first-order valence-electron chi connectivity index (χ1n) is 6.39. The van der Waals surface area contributed by atoms with Crippen molar-refractivity contribution in [3.05, 3.63) is 11.8 Å². The number of aliphatic hydroxyl groups excluding tert-OH is 1. The molecule has 0 aromatic rings. The van der Waals surface area contributed by atoms with Gasteiger partial charge in [-0.3, -0.25) is 4.79 Å². The second-order valence-corrected chi connectivity index (χ2v) is 4.61. The van der Waals surface area contributed by atoms with Crippen molar-refractivity contribution in [2.75, 3.05) is 19.8 Å². The lowest BCUT2D eigenvalue weighted by Gasteiger charge is -2.29. The van der Waals surface area contributed by atoms with Crippen molar-refractivity contribution in [3.63, 3.8) is 0 Å². The van der Waals surface area contributed by atoms with E-state index in [1.54, 1.807) is 0 Å². The van der Waals surface area contributed by atoms with Crippen LogP contribution in [0.5, 0.6) is 0 Å². The smallest absolute Gasteiger partial charge is 0.286 e. The van der Waals surface area contributed by atoms with Gasteiger partial charge in [0.1, 0.15) is 0 Å². The van der Waals surface area contributed by atoms with E-state index in [-0.39, 0.29) is 17.9 Å². The fourth-order valence-corrected chi connectivity index (χ4v) is 1.85. The van der Waals surface area contributed by atoms with E-state index in [0.29, 0.717) is 18.9 Å². The standard InChI is InChI=1S/C13H23NO3/c1-3-13(4-2,10-15)9-14-12(16)11-7-5-6-8-17-11/h7,15H,3-6,8-10H2,1-2H3,(H,14,16). The number of amides is 1. The highest BCUT2D eigenvalue weighted by Gasteiger charge is 2.26. The van der Waals surface area contributed by atoms with E-state index in [4.69, 9.17) is 4.74 Å². The average Bonchev–Trinajstić information content (AvgIpc) is 2.41. The van der Waals surface area contributed by atoms with E-state index >= 15 is 0 Å². The van der Waals surface area contributed by atoms with Crippen LogP contribution in [-0.4, -0.2) is 30.8 Å². The highest BCUT2D eigenvalue weighted by Crippen LogP contribution is 2.24. The fourth-order valence-electron chi connectivity index (χ4n) is 1.85. The maximum Gasteiger partial charge on any atom is 0.286 e. The molecule has 0 saturated carbocycles. The molecule has 4 nitrogen and oxygen atoms in total. The summed E-state index contributed by atoms with van der Waals surface area (Å²) < 4.78 is 5.29. The molecule has 0 saturated heterocycles. The van der Waals surface area contributed by atoms with Crippen molar-refractivity contribution >= 4 is 5.91 Å². The second-order valence-electron chi connectivity index (χ2n) is 4.61. The van der Waals surface area contributed by atoms with Crippen molar-refractivity contribution < 1.29 is 14.6 Å². The summed E-state index contributed by atoms with van der Waals surface area (Å²) in [7, 11) is 0. The van der Waals surface area contributed by atoms with Crippen molar-refractivity contribution in [1.29, 1.82) is 0 Å². The summed E-state index contributed by atoms with van der Waals surface area (Å²) in [5, 5.41) is 12.3. The molecule has 0 fully saturated rings. The molecular formula is C13H23NO3. The second kappa shape index (κ2) is 6.64. The Bertz CT molecular complexity index is 274. The van der Waals surface area contributed by atoms with Gasteiger partial charge in [-0.05, 0) is 31.8 Å². The number of allylic oxidation sites excluding steroid dienone is 1. The molecule has 0 radical (unpaired) electrons. The van der Waals surface area contributed by atoms with E-state index in [0.717, 1.165) is 25.7 Å². The Morgan fingerprint density at radius 2 is 2.24 bits per heavy atom. The topological polar surface area (TPSA) is 58.6 Å². The number of ether oxygens (including phenoxy) is 1. The minimum Gasteiger partial charge on any atom is -0.488 e. The summed E-state index contributed by atoms with van der Waals surface area (Å²) in [6, 6.07) is 0. The van der Waals surface area contributed by atoms with Crippen molar-refractivity contribution in [3.8, 4) is 0 Å². The zero-order chi connectivity index (χ0) is 12.7. The zero-order valence-corrected chi connectivity index (χ0v) is 10.8. The molecule has 1 heterocycles. The third-order valence-corrected chi connectivity index (χ3v) is 3.62. The maximum absolute atomic E-state index is 11.8. The number of aliphatic hydroxyl groups is 1. The molecule has 0 bridgehead atoms. The van der Waals surface area contributed by atoms with Gasteiger partial charge in [0.2, 0.25) is 0 Å². The fraction of sp³-hybridized carbons (Fsp3) is 0.769. The van der Waals surface area contributed by atoms with Gasteiger partial charge < -0.3 is 15.2 Å². The van der Waals surface area contributed by atoms with Crippen LogP contribution in [0.2, 0.25) is 0 Å². The Balaban J connectivity index is 2.48. The number of rotatable bonds is 6. The normalized spacial score (nSPS) is 16.1. The van der Waals surface area contributed by atoms with Crippen LogP contribution in [0, 0.1) is 5.41 Å². The van der Waals surface area contributed by atoms with Gasteiger partial charge in [-0.15, -0.1) is 0 Å². The van der Waals surface area contributed by atoms with Gasteiger partial charge in [0.15, 0.2) is 5.76 Å². The lowest BCUT2D eigenvalue weighted by Crippen LogP contribution is -2.40. The molecular weight excluding hydrogens is 218 g/mol. The first-order chi connectivity index (χ1) is 8.17. The van der Waals surface area contributed by atoms with Gasteiger partial charge >= 0.3 is 0 Å². The third kappa shape index (κ3) is 3.73. The first kappa shape index (κ1) is 14.0. The minimum absolute atomic E-state index is 0.0974. The third-order valence-electron chi connectivity index (χ3n) is 3.62. The van der Waals surface area contributed by atoms with Gasteiger partial charge in [-0.2, -0.15) is 0 Å². The monoisotopic (exact) mass is 241 g/mol. The SMILES string of the molecule is CCC(CC)(CO)CNC(=O)C1=CCCCO1. The van der Waals surface area contributed by atoms with Crippen LogP contribution in [0.15, 0.2) is 11.8 Å². The summed E-state index contributed by atoms with van der Waals surface area (Å²) in [4.78, 5) is 11.8. The molecule has 2 N–H and O–H groups in total. The molecule has 17 heavy (non-hydrogen) atoms. The summed E-state index contributed by atoms with van der Waals surface area (Å²) >= 11 is 0. The van der Waals surface area contributed by atoms with E-state index in [1.165, 1.54) is 0 Å². The van der Waals surface area contributed by atoms with Gasteiger partial charge in [0.25, 0.3) is 5.91 Å². The van der Waals surface area contributed by atoms with Crippen LogP contribution in [0.1, 0.15) is 39.5 Å². The Labute approximate surface area is 103 Å². The zero-order valence-electron chi connectivity index (χ0n) is 10.8. The van der Waals surface area contributed by atoms with E-state index in [9.17, 15) is 9.90 Å². The quantitative estimate of drug-likeness (QED) is 0.742. The van der Waals surface area contributed by atoms with E-state index in [2.05, 4.69) is 5.32 Å². The number of nitrogens with one attached hydrogen (secondary N) is 1. The Morgan fingerprint density at radius 1 is 1.53 bits per heavy atom. The highest BCUT2D eigenvalue weighted by atomic mass is 16.5. The molecule has 1 rings (SSSR count). The lowest BCUT2D eigenvalue weighted by atomic mass is 9.83. The largest absolute Gasteiger partial charge is 0.488 e. The molecule has 1 amide bonds. The molecule has 0 aromatic heterocycles. The van der Waals surface area contributed by atoms with E-state index < -0.39 is 0 Å². The van der Waals surface area contributed by atoms with Gasteiger partial charge in [-0.25, -0.2) is 0 Å². The molecule has 1 aliphatic rings. The first-order valence-corrected chi connectivity index (χ1v) is 6.39. The number of hydrogen-bond acceptors (Lipinski definition) is 3. The van der Waals surface area contributed by atoms with Crippen LogP contribution < -0.4 is 5.32 Å². The molecule has 0 spiro atoms.